The highest BCUT2D eigenvalue weighted by Crippen LogP contribution is 2.32. The minimum absolute atomic E-state index is 0.0000255. The molecule has 1 aromatic heterocycles. The van der Waals surface area contributed by atoms with E-state index in [1.54, 1.807) is 9.13 Å². The molecule has 0 spiro atoms. The van der Waals surface area contributed by atoms with Gasteiger partial charge in [-0.25, -0.2) is 4.79 Å². The highest BCUT2D eigenvalue weighted by atomic mass is 16.2. The van der Waals surface area contributed by atoms with Crippen LogP contribution in [0.1, 0.15) is 64.0 Å². The van der Waals surface area contributed by atoms with Crippen LogP contribution >= 0.6 is 0 Å². The molecule has 1 amide bonds. The Morgan fingerprint density at radius 3 is 1.97 bits per heavy atom. The van der Waals surface area contributed by atoms with Crippen molar-refractivity contribution >= 4 is 22.6 Å². The van der Waals surface area contributed by atoms with Crippen LogP contribution in [0.2, 0.25) is 0 Å². The van der Waals surface area contributed by atoms with Gasteiger partial charge in [0, 0.05) is 12.2 Å². The number of benzene rings is 2. The van der Waals surface area contributed by atoms with Crippen LogP contribution in [-0.2, 0) is 17.9 Å². The van der Waals surface area contributed by atoms with E-state index in [1.165, 1.54) is 0 Å². The molecule has 0 unspecified atom stereocenters. The molecule has 0 aliphatic rings. The molecule has 3 rings (SSSR count). The number of nitrogens with zero attached hydrogens (tertiary/aromatic N) is 2. The number of hydrogen-bond donors (Lipinski definition) is 1. The molecule has 3 aromatic rings. The van der Waals surface area contributed by atoms with Crippen LogP contribution in [-0.4, -0.2) is 15.0 Å². The maximum absolute atomic E-state index is 13.0. The van der Waals surface area contributed by atoms with Crippen molar-refractivity contribution in [3.05, 3.63) is 64.1 Å². The monoisotopic (exact) mass is 393 g/mol. The van der Waals surface area contributed by atoms with E-state index >= 15 is 0 Å². The van der Waals surface area contributed by atoms with E-state index in [0.29, 0.717) is 6.54 Å². The summed E-state index contributed by atoms with van der Waals surface area (Å²) in [6.07, 6.45) is 0.861. The van der Waals surface area contributed by atoms with Gasteiger partial charge in [-0.2, -0.15) is 0 Å². The van der Waals surface area contributed by atoms with Crippen molar-refractivity contribution in [3.8, 4) is 0 Å². The fourth-order valence-corrected chi connectivity index (χ4v) is 3.88. The Balaban J connectivity index is 1.98. The van der Waals surface area contributed by atoms with Gasteiger partial charge in [0.15, 0.2) is 0 Å². The Hall–Kier alpha value is -2.82. The predicted molar refractivity (Wildman–Crippen MR) is 120 cm³/mol. The number of rotatable bonds is 7. The number of fused-ring (bicyclic) bond motifs is 1. The van der Waals surface area contributed by atoms with Crippen LogP contribution in [0.5, 0.6) is 0 Å². The molecule has 0 bridgehead atoms. The zero-order valence-electron chi connectivity index (χ0n) is 18.0. The largest absolute Gasteiger partial charge is 0.329 e. The molecule has 0 aliphatic heterocycles. The van der Waals surface area contributed by atoms with E-state index < -0.39 is 0 Å². The molecule has 154 valence electrons. The van der Waals surface area contributed by atoms with Gasteiger partial charge in [-0.15, -0.1) is 0 Å². The summed E-state index contributed by atoms with van der Waals surface area (Å²) in [6, 6.07) is 13.8. The SMILES string of the molecule is CCCn1c(=O)n(CC(=O)Nc2c(C(C)C)cccc2C(C)C)c2ccccc21. The molecule has 5 nitrogen and oxygen atoms in total. The van der Waals surface area contributed by atoms with Crippen molar-refractivity contribution in [3.63, 3.8) is 0 Å². The Kier molecular flexibility index (Phi) is 6.26. The number of carbonyl (C=O) groups is 1. The number of nitrogens with one attached hydrogen (secondary N) is 1. The maximum Gasteiger partial charge on any atom is 0.329 e. The molecule has 2 aromatic carbocycles. The summed E-state index contributed by atoms with van der Waals surface area (Å²) in [7, 11) is 0. The van der Waals surface area contributed by atoms with E-state index in [0.717, 1.165) is 34.3 Å². The quantitative estimate of drug-likeness (QED) is 0.607. The van der Waals surface area contributed by atoms with Crippen molar-refractivity contribution in [2.75, 3.05) is 5.32 Å². The molecule has 5 heteroatoms. The molecule has 1 N–H and O–H groups in total. The Bertz CT molecular complexity index is 1050. The van der Waals surface area contributed by atoms with Crippen molar-refractivity contribution < 1.29 is 4.79 Å². The molecule has 0 fully saturated rings. The van der Waals surface area contributed by atoms with Gasteiger partial charge in [0.2, 0.25) is 5.91 Å². The second-order valence-corrected chi connectivity index (χ2v) is 8.18. The number of anilines is 1. The lowest BCUT2D eigenvalue weighted by Crippen LogP contribution is -2.30. The summed E-state index contributed by atoms with van der Waals surface area (Å²) in [5.41, 5.74) is 4.65. The molecule has 0 saturated carbocycles. The van der Waals surface area contributed by atoms with Gasteiger partial charge in [0.05, 0.1) is 11.0 Å². The number of imidazole rings is 1. The number of carbonyl (C=O) groups excluding carboxylic acids is 1. The molecular formula is C24H31N3O2. The van der Waals surface area contributed by atoms with Crippen LogP contribution in [0, 0.1) is 0 Å². The van der Waals surface area contributed by atoms with Crippen molar-refractivity contribution in [1.82, 2.24) is 9.13 Å². The minimum Gasteiger partial charge on any atom is -0.324 e. The van der Waals surface area contributed by atoms with Gasteiger partial charge >= 0.3 is 5.69 Å². The number of amides is 1. The first-order valence-electron chi connectivity index (χ1n) is 10.5. The van der Waals surface area contributed by atoms with Crippen LogP contribution in [0.15, 0.2) is 47.3 Å². The Labute approximate surface area is 172 Å². The summed E-state index contributed by atoms with van der Waals surface area (Å²) in [6.45, 7) is 11.2. The van der Waals surface area contributed by atoms with E-state index in [4.69, 9.17) is 0 Å². The van der Waals surface area contributed by atoms with Gasteiger partial charge in [-0.1, -0.05) is 65.0 Å². The van der Waals surface area contributed by atoms with Gasteiger partial charge in [0.25, 0.3) is 0 Å². The first-order chi connectivity index (χ1) is 13.8. The third-order valence-corrected chi connectivity index (χ3v) is 5.31. The van der Waals surface area contributed by atoms with E-state index in [-0.39, 0.29) is 30.0 Å². The van der Waals surface area contributed by atoms with Gasteiger partial charge in [-0.05, 0) is 41.5 Å². The zero-order chi connectivity index (χ0) is 21.1. The first-order valence-corrected chi connectivity index (χ1v) is 10.5. The molecule has 29 heavy (non-hydrogen) atoms. The second kappa shape index (κ2) is 8.68. The summed E-state index contributed by atoms with van der Waals surface area (Å²) in [5, 5.41) is 3.12. The standard InChI is InChI=1S/C24H31N3O2/c1-6-14-26-20-12-7-8-13-21(20)27(24(26)29)15-22(28)25-23-18(16(2)3)10-9-11-19(23)17(4)5/h7-13,16-17H,6,14-15H2,1-5H3,(H,25,28). The molecule has 0 atom stereocenters. The maximum atomic E-state index is 13.0. The lowest BCUT2D eigenvalue weighted by atomic mass is 9.92. The van der Waals surface area contributed by atoms with E-state index in [2.05, 4.69) is 45.1 Å². The second-order valence-electron chi connectivity index (χ2n) is 8.18. The summed E-state index contributed by atoms with van der Waals surface area (Å²) < 4.78 is 3.33. The third kappa shape index (κ3) is 4.14. The Morgan fingerprint density at radius 1 is 0.897 bits per heavy atom. The number of hydrogen-bond acceptors (Lipinski definition) is 2. The van der Waals surface area contributed by atoms with Crippen LogP contribution in [0.4, 0.5) is 5.69 Å². The average molecular weight is 394 g/mol. The lowest BCUT2D eigenvalue weighted by Gasteiger charge is -2.20. The van der Waals surface area contributed by atoms with Crippen LogP contribution in [0.3, 0.4) is 0 Å². The van der Waals surface area contributed by atoms with Crippen molar-refractivity contribution in [1.29, 1.82) is 0 Å². The number of aromatic nitrogens is 2. The molecule has 1 heterocycles. The van der Waals surface area contributed by atoms with Crippen LogP contribution < -0.4 is 11.0 Å². The van der Waals surface area contributed by atoms with Crippen LogP contribution in [0.25, 0.3) is 11.0 Å². The molecular weight excluding hydrogens is 362 g/mol. The molecule has 0 saturated heterocycles. The predicted octanol–water partition coefficient (Wildman–Crippen LogP) is 5.10. The normalized spacial score (nSPS) is 11.6. The topological polar surface area (TPSA) is 56.0 Å². The van der Waals surface area contributed by atoms with E-state index in [9.17, 15) is 9.59 Å². The number of aryl methyl sites for hydroxylation is 1. The number of para-hydroxylation sites is 3. The fraction of sp³-hybridized carbons (Fsp3) is 0.417. The lowest BCUT2D eigenvalue weighted by molar-refractivity contribution is -0.116. The smallest absolute Gasteiger partial charge is 0.324 e. The molecule has 0 aliphatic carbocycles. The third-order valence-electron chi connectivity index (χ3n) is 5.31. The summed E-state index contributed by atoms with van der Waals surface area (Å²) in [5.74, 6) is 0.401. The summed E-state index contributed by atoms with van der Waals surface area (Å²) >= 11 is 0. The van der Waals surface area contributed by atoms with Crippen molar-refractivity contribution in [2.45, 2.75) is 66.0 Å². The van der Waals surface area contributed by atoms with Gasteiger partial charge < -0.3 is 5.32 Å². The molecule has 0 radical (unpaired) electrons. The van der Waals surface area contributed by atoms with E-state index in [1.807, 2.05) is 37.3 Å². The fourth-order valence-electron chi connectivity index (χ4n) is 3.88. The highest BCUT2D eigenvalue weighted by molar-refractivity contribution is 5.93. The zero-order valence-corrected chi connectivity index (χ0v) is 18.0. The summed E-state index contributed by atoms with van der Waals surface area (Å²) in [4.78, 5) is 26.0. The Morgan fingerprint density at radius 2 is 1.45 bits per heavy atom. The van der Waals surface area contributed by atoms with Gasteiger partial charge in [0.1, 0.15) is 6.54 Å². The minimum atomic E-state index is -0.179. The van der Waals surface area contributed by atoms with Crippen molar-refractivity contribution in [2.24, 2.45) is 0 Å². The average Bonchev–Trinajstić information content (AvgIpc) is 2.94. The van der Waals surface area contributed by atoms with Gasteiger partial charge in [-0.3, -0.25) is 13.9 Å². The highest BCUT2D eigenvalue weighted by Gasteiger charge is 2.18. The first kappa shape index (κ1) is 20.9.